The first-order chi connectivity index (χ1) is 20.7. The van der Waals surface area contributed by atoms with Crippen LogP contribution >= 0.6 is 0 Å². The van der Waals surface area contributed by atoms with E-state index in [4.69, 9.17) is 20.0 Å². The van der Waals surface area contributed by atoms with Crippen molar-refractivity contribution in [1.82, 2.24) is 19.7 Å². The van der Waals surface area contributed by atoms with Gasteiger partial charge < -0.3 is 20.3 Å². The normalized spacial score (nSPS) is 17.6. The Morgan fingerprint density at radius 1 is 1.07 bits per heavy atom. The number of nitrogens with one attached hydrogen (secondary N) is 2. The van der Waals surface area contributed by atoms with Crippen LogP contribution in [0.5, 0.6) is 0 Å². The number of carbonyl (C=O) groups is 1. The van der Waals surface area contributed by atoms with E-state index in [1.54, 1.807) is 54.5 Å². The molecule has 6 rings (SSSR count). The molecule has 1 atom stereocenters. The molecule has 13 heteroatoms. The van der Waals surface area contributed by atoms with E-state index in [9.17, 15) is 13.2 Å². The van der Waals surface area contributed by atoms with Gasteiger partial charge in [-0.1, -0.05) is 0 Å². The number of aryl methyl sites for hydroxylation is 1. The molecule has 1 aliphatic heterocycles. The summed E-state index contributed by atoms with van der Waals surface area (Å²) in [6.45, 7) is 3.72. The maximum atomic E-state index is 14.0. The van der Waals surface area contributed by atoms with Gasteiger partial charge in [0.15, 0.2) is 15.7 Å². The molecule has 1 aliphatic carbocycles. The Kier molecular flexibility index (Phi) is 7.33. The van der Waals surface area contributed by atoms with Crippen LogP contribution in [-0.4, -0.2) is 60.0 Å². The third-order valence-electron chi connectivity index (χ3n) is 7.72. The lowest BCUT2D eigenvalue weighted by molar-refractivity contribution is 0.0985. The van der Waals surface area contributed by atoms with Crippen molar-refractivity contribution in [1.29, 1.82) is 5.26 Å². The van der Waals surface area contributed by atoms with Gasteiger partial charge in [-0.3, -0.25) is 4.68 Å². The zero-order valence-corrected chi connectivity index (χ0v) is 24.5. The number of nitriles is 1. The molecular weight excluding hydrogens is 568 g/mol. The van der Waals surface area contributed by atoms with Gasteiger partial charge >= 0.3 is 6.03 Å². The summed E-state index contributed by atoms with van der Waals surface area (Å²) < 4.78 is 34.0. The van der Waals surface area contributed by atoms with Gasteiger partial charge in [0.05, 0.1) is 53.4 Å². The fraction of sp³-hybridized carbons (Fsp3) is 0.300. The molecule has 220 valence electrons. The first-order valence-electron chi connectivity index (χ1n) is 13.8. The Balaban J connectivity index is 1.33. The Morgan fingerprint density at radius 3 is 2.42 bits per heavy atom. The number of anilines is 3. The minimum Gasteiger partial charge on any atom is -0.377 e. The number of carbonyl (C=O) groups excluding carboxylic acids is 1. The molecule has 0 spiro atoms. The Labute approximate surface area is 249 Å². The molecule has 43 heavy (non-hydrogen) atoms. The smallest absolute Gasteiger partial charge is 0.323 e. The lowest BCUT2D eigenvalue weighted by atomic mass is 10.1. The average Bonchev–Trinajstić information content (AvgIpc) is 3.74. The number of benzene rings is 2. The summed E-state index contributed by atoms with van der Waals surface area (Å²) in [4.78, 5) is 24.4. The molecule has 2 fully saturated rings. The average molecular weight is 599 g/mol. The predicted octanol–water partition coefficient (Wildman–Crippen LogP) is 4.08. The predicted molar refractivity (Wildman–Crippen MR) is 160 cm³/mol. The molecular formula is C30H30N8O4S. The van der Waals surface area contributed by atoms with Crippen LogP contribution in [0.2, 0.25) is 0 Å². The van der Waals surface area contributed by atoms with Crippen molar-refractivity contribution in [3.05, 3.63) is 78.2 Å². The maximum Gasteiger partial charge on any atom is 0.323 e. The van der Waals surface area contributed by atoms with Crippen molar-refractivity contribution in [3.63, 3.8) is 0 Å². The quantitative estimate of drug-likeness (QED) is 0.320. The first kappa shape index (κ1) is 28.3. The summed E-state index contributed by atoms with van der Waals surface area (Å²) in [5.74, 6) is 1.02. The molecule has 0 radical (unpaired) electrons. The van der Waals surface area contributed by atoms with Crippen LogP contribution in [0.4, 0.5) is 22.0 Å². The monoisotopic (exact) mass is 598 g/mol. The van der Waals surface area contributed by atoms with Gasteiger partial charge in [-0.15, -0.1) is 0 Å². The van der Waals surface area contributed by atoms with Crippen molar-refractivity contribution in [3.8, 4) is 17.5 Å². The van der Waals surface area contributed by atoms with Gasteiger partial charge in [0.1, 0.15) is 10.6 Å². The van der Waals surface area contributed by atoms with Crippen molar-refractivity contribution < 1.29 is 17.9 Å². The number of aromatic nitrogens is 4. The minimum atomic E-state index is -3.81. The Bertz CT molecular complexity index is 1810. The van der Waals surface area contributed by atoms with Crippen molar-refractivity contribution >= 4 is 33.1 Å². The lowest BCUT2D eigenvalue weighted by Gasteiger charge is -2.34. The summed E-state index contributed by atoms with van der Waals surface area (Å²) in [6.07, 6.45) is 4.10. The van der Waals surface area contributed by atoms with Crippen molar-refractivity contribution in [2.75, 3.05) is 35.3 Å². The number of hydrogen-bond donors (Lipinski definition) is 2. The van der Waals surface area contributed by atoms with Crippen LogP contribution in [-0.2, 0) is 26.4 Å². The van der Waals surface area contributed by atoms with Crippen LogP contribution < -0.4 is 15.5 Å². The van der Waals surface area contributed by atoms with Crippen molar-refractivity contribution in [2.24, 2.45) is 7.05 Å². The van der Waals surface area contributed by atoms with Crippen LogP contribution in [0.3, 0.4) is 0 Å². The molecule has 12 nitrogen and oxygen atoms in total. The Morgan fingerprint density at radius 2 is 1.79 bits per heavy atom. The SMILES string of the molecule is C[C@H]1COCCN1c1cc(C2(S(=O)(=O)c3ccc(C#N)cc3)CC2)nc(-c2ccc(NC(=O)Nc3cnn(C)c3)cc2)n1. The second-order valence-electron chi connectivity index (χ2n) is 10.7. The van der Waals surface area contributed by atoms with Crippen molar-refractivity contribution in [2.45, 2.75) is 35.4 Å². The summed E-state index contributed by atoms with van der Waals surface area (Å²) in [5, 5.41) is 18.7. The number of sulfone groups is 1. The number of rotatable bonds is 7. The number of amides is 2. The standard InChI is InChI=1S/C30H30N8O4S/c1-20-19-42-14-13-38(20)27-15-26(30(11-12-30)43(40,41)25-9-3-21(16-31)4-10-25)35-28(36-27)22-5-7-23(8-6-22)33-29(39)34-24-17-32-37(2)18-24/h3-10,15,17-18,20H,11-14,19H2,1-2H3,(H2,33,34,39)/t20-/m0/s1. The van der Waals surface area contributed by atoms with E-state index in [1.807, 2.05) is 13.0 Å². The first-order valence-corrected chi connectivity index (χ1v) is 15.3. The van der Waals surface area contributed by atoms with Gasteiger partial charge in [0.25, 0.3) is 0 Å². The molecule has 0 unspecified atom stereocenters. The lowest BCUT2D eigenvalue weighted by Crippen LogP contribution is -2.44. The second-order valence-corrected chi connectivity index (χ2v) is 13.0. The summed E-state index contributed by atoms with van der Waals surface area (Å²) >= 11 is 0. The topological polar surface area (TPSA) is 155 Å². The molecule has 4 aromatic rings. The highest BCUT2D eigenvalue weighted by molar-refractivity contribution is 7.92. The van der Waals surface area contributed by atoms with Gasteiger partial charge in [-0.05, 0) is 68.3 Å². The van der Waals surface area contributed by atoms with Gasteiger partial charge in [-0.2, -0.15) is 10.4 Å². The fourth-order valence-electron chi connectivity index (χ4n) is 5.20. The minimum absolute atomic E-state index is 0.0412. The molecule has 0 bridgehead atoms. The van der Waals surface area contributed by atoms with E-state index in [2.05, 4.69) is 20.6 Å². The van der Waals surface area contributed by atoms with Crippen LogP contribution in [0.1, 0.15) is 31.0 Å². The second kappa shape index (κ2) is 11.1. The summed E-state index contributed by atoms with van der Waals surface area (Å²) in [7, 11) is -2.05. The van der Waals surface area contributed by atoms with E-state index in [-0.39, 0.29) is 10.9 Å². The maximum absolute atomic E-state index is 14.0. The number of urea groups is 1. The van der Waals surface area contributed by atoms with E-state index in [0.29, 0.717) is 72.4 Å². The molecule has 1 saturated heterocycles. The third kappa shape index (κ3) is 5.54. The largest absolute Gasteiger partial charge is 0.377 e. The molecule has 2 aromatic heterocycles. The van der Waals surface area contributed by atoms with Gasteiger partial charge in [-0.25, -0.2) is 23.2 Å². The van der Waals surface area contributed by atoms with E-state index >= 15 is 0 Å². The van der Waals surface area contributed by atoms with E-state index < -0.39 is 20.6 Å². The summed E-state index contributed by atoms with van der Waals surface area (Å²) in [6, 6.07) is 16.5. The zero-order chi connectivity index (χ0) is 30.2. The van der Waals surface area contributed by atoms with Gasteiger partial charge in [0, 0.05) is 37.1 Å². The molecule has 1 saturated carbocycles. The zero-order valence-electron chi connectivity index (χ0n) is 23.7. The molecule has 3 heterocycles. The molecule has 2 aliphatic rings. The number of morpholine rings is 1. The third-order valence-corrected chi connectivity index (χ3v) is 10.3. The van der Waals surface area contributed by atoms with E-state index in [0.717, 1.165) is 0 Å². The van der Waals surface area contributed by atoms with Crippen LogP contribution in [0.25, 0.3) is 11.4 Å². The highest BCUT2D eigenvalue weighted by Crippen LogP contribution is 2.55. The molecule has 2 N–H and O–H groups in total. The van der Waals surface area contributed by atoms with Crippen LogP contribution in [0.15, 0.2) is 71.9 Å². The number of hydrogen-bond acceptors (Lipinski definition) is 9. The van der Waals surface area contributed by atoms with Gasteiger partial charge in [0.2, 0.25) is 0 Å². The fourth-order valence-corrected chi connectivity index (χ4v) is 7.17. The molecule has 2 amide bonds. The molecule has 2 aromatic carbocycles. The number of ether oxygens (including phenoxy) is 1. The summed E-state index contributed by atoms with van der Waals surface area (Å²) in [5.41, 5.74) is 2.63. The Hall–Kier alpha value is -4.80. The highest BCUT2D eigenvalue weighted by Gasteiger charge is 2.58. The number of nitrogens with zero attached hydrogens (tertiary/aromatic N) is 6. The van der Waals surface area contributed by atoms with E-state index in [1.165, 1.54) is 24.3 Å². The highest BCUT2D eigenvalue weighted by atomic mass is 32.2. The van der Waals surface area contributed by atoms with Crippen LogP contribution in [0, 0.1) is 11.3 Å².